The Kier molecular flexibility index (Phi) is 5.62. The van der Waals surface area contributed by atoms with Gasteiger partial charge in [-0.1, -0.05) is 0 Å². The molecule has 3 N–H and O–H groups in total. The molecule has 1 spiro atoms. The van der Waals surface area contributed by atoms with Crippen LogP contribution in [0.4, 0.5) is 4.79 Å². The molecule has 0 radical (unpaired) electrons. The van der Waals surface area contributed by atoms with Gasteiger partial charge in [-0.25, -0.2) is 4.79 Å². The van der Waals surface area contributed by atoms with E-state index in [4.69, 9.17) is 5.11 Å². The van der Waals surface area contributed by atoms with E-state index < -0.39 is 24.3 Å². The molecule has 2 aliphatic heterocycles. The largest absolute Gasteiger partial charge is 0.465 e. The van der Waals surface area contributed by atoms with Crippen molar-refractivity contribution in [1.29, 1.82) is 0 Å². The summed E-state index contributed by atoms with van der Waals surface area (Å²) in [5, 5.41) is 29.1. The van der Waals surface area contributed by atoms with E-state index in [0.29, 0.717) is 19.5 Å². The number of nitrogens with zero attached hydrogens (tertiary/aromatic N) is 3. The lowest BCUT2D eigenvalue weighted by Crippen LogP contribution is -2.60. The maximum absolute atomic E-state index is 12.5. The molecule has 3 atom stereocenters. The molecular weight excluding hydrogens is 354 g/mol. The molecule has 2 heterocycles. The first kappa shape index (κ1) is 19.9. The molecule has 2 saturated heterocycles. The Morgan fingerprint density at radius 2 is 1.93 bits per heavy atom. The highest BCUT2D eigenvalue weighted by Gasteiger charge is 2.51. The second-order valence-corrected chi connectivity index (χ2v) is 8.03. The van der Waals surface area contributed by atoms with Gasteiger partial charge in [0.25, 0.3) is 0 Å². The van der Waals surface area contributed by atoms with Gasteiger partial charge >= 0.3 is 6.09 Å². The second-order valence-electron chi connectivity index (χ2n) is 8.03. The minimum absolute atomic E-state index is 0.0385. The third-order valence-corrected chi connectivity index (χ3v) is 6.50. The van der Waals surface area contributed by atoms with Crippen LogP contribution in [0.3, 0.4) is 0 Å². The maximum Gasteiger partial charge on any atom is 0.408 e. The van der Waals surface area contributed by atoms with E-state index >= 15 is 0 Å². The van der Waals surface area contributed by atoms with Gasteiger partial charge < -0.3 is 25.1 Å². The van der Waals surface area contributed by atoms with Gasteiger partial charge in [-0.05, 0) is 38.0 Å². The number of β-amino-alcohol motifs (C(OH)–C–C–N with tert-alkyl or cyclic N) is 1. The van der Waals surface area contributed by atoms with Crippen molar-refractivity contribution in [2.24, 2.45) is 5.41 Å². The molecule has 3 fully saturated rings. The summed E-state index contributed by atoms with van der Waals surface area (Å²) in [6.45, 7) is 2.66. The molecule has 0 aromatic heterocycles. The SMILES string of the molecule is CC1C(=O)N([C@H](CO)CCC(=O)N2CCC3(CC3)C(O)C2)CCN1C(=O)O. The van der Waals surface area contributed by atoms with Gasteiger partial charge in [-0.3, -0.25) is 14.5 Å². The molecule has 152 valence electrons. The first-order valence-corrected chi connectivity index (χ1v) is 9.66. The topological polar surface area (TPSA) is 122 Å². The van der Waals surface area contributed by atoms with E-state index in [-0.39, 0.29) is 43.3 Å². The number of aliphatic hydroxyl groups is 2. The molecule has 0 aromatic carbocycles. The summed E-state index contributed by atoms with van der Waals surface area (Å²) in [5.41, 5.74) is 0.0385. The zero-order chi connectivity index (χ0) is 19.8. The zero-order valence-corrected chi connectivity index (χ0v) is 15.7. The van der Waals surface area contributed by atoms with Gasteiger partial charge in [0.2, 0.25) is 11.8 Å². The number of hydrogen-bond acceptors (Lipinski definition) is 5. The lowest BCUT2D eigenvalue weighted by atomic mass is 9.90. The highest BCUT2D eigenvalue weighted by molar-refractivity contribution is 5.86. The Bertz CT molecular complexity index is 608. The van der Waals surface area contributed by atoms with Gasteiger partial charge in [0.1, 0.15) is 6.04 Å². The molecular formula is C18H29N3O6. The summed E-state index contributed by atoms with van der Waals surface area (Å²) in [7, 11) is 0. The van der Waals surface area contributed by atoms with Crippen molar-refractivity contribution in [3.05, 3.63) is 0 Å². The van der Waals surface area contributed by atoms with Crippen molar-refractivity contribution >= 4 is 17.9 Å². The quantitative estimate of drug-likeness (QED) is 0.600. The van der Waals surface area contributed by atoms with E-state index in [1.165, 1.54) is 11.8 Å². The lowest BCUT2D eigenvalue weighted by Gasteiger charge is -2.41. The van der Waals surface area contributed by atoms with Crippen molar-refractivity contribution < 1.29 is 29.7 Å². The van der Waals surface area contributed by atoms with Crippen LogP contribution >= 0.6 is 0 Å². The summed E-state index contributed by atoms with van der Waals surface area (Å²) >= 11 is 0. The Balaban J connectivity index is 1.52. The number of carbonyl (C=O) groups excluding carboxylic acids is 2. The highest BCUT2D eigenvalue weighted by atomic mass is 16.4. The molecule has 3 amide bonds. The number of rotatable bonds is 5. The molecule has 27 heavy (non-hydrogen) atoms. The normalized spacial score (nSPS) is 28.4. The number of piperazine rings is 1. The minimum Gasteiger partial charge on any atom is -0.465 e. The number of aliphatic hydroxyl groups excluding tert-OH is 2. The van der Waals surface area contributed by atoms with E-state index in [1.807, 2.05) is 0 Å². The highest BCUT2D eigenvalue weighted by Crippen LogP contribution is 2.53. The number of carboxylic acid groups (broad SMARTS) is 1. The van der Waals surface area contributed by atoms with Crippen molar-refractivity contribution in [3.63, 3.8) is 0 Å². The average molecular weight is 383 g/mol. The van der Waals surface area contributed by atoms with Gasteiger partial charge in [0.15, 0.2) is 0 Å². The van der Waals surface area contributed by atoms with Gasteiger partial charge in [-0.2, -0.15) is 0 Å². The summed E-state index contributed by atoms with van der Waals surface area (Å²) in [6.07, 6.45) is 1.80. The molecule has 9 nitrogen and oxygen atoms in total. The maximum atomic E-state index is 12.5. The Morgan fingerprint density at radius 1 is 1.22 bits per heavy atom. The Labute approximate surface area is 158 Å². The van der Waals surface area contributed by atoms with E-state index in [9.17, 15) is 24.6 Å². The van der Waals surface area contributed by atoms with Gasteiger partial charge in [-0.15, -0.1) is 0 Å². The fourth-order valence-corrected chi connectivity index (χ4v) is 4.30. The van der Waals surface area contributed by atoms with Crippen LogP contribution in [0.25, 0.3) is 0 Å². The first-order chi connectivity index (χ1) is 12.8. The van der Waals surface area contributed by atoms with Crippen LogP contribution in [-0.4, -0.2) is 98.9 Å². The molecule has 3 rings (SSSR count). The van der Waals surface area contributed by atoms with Crippen molar-refractivity contribution in [2.75, 3.05) is 32.8 Å². The van der Waals surface area contributed by atoms with Crippen LogP contribution in [0.1, 0.15) is 39.0 Å². The predicted octanol–water partition coefficient (Wildman–Crippen LogP) is -0.288. The summed E-state index contributed by atoms with van der Waals surface area (Å²) in [5.74, 6) is -0.424. The standard InChI is InChI=1S/C18H29N3O6/c1-12-16(25)21(9-8-20(12)17(26)27)13(11-22)2-3-15(24)19-7-6-18(4-5-18)14(23)10-19/h12-14,22-23H,2-11H2,1H3,(H,26,27)/t12?,13-,14?/m0/s1. The zero-order valence-electron chi connectivity index (χ0n) is 15.7. The van der Waals surface area contributed by atoms with Crippen LogP contribution in [0.15, 0.2) is 0 Å². The van der Waals surface area contributed by atoms with E-state index in [0.717, 1.165) is 24.2 Å². The number of hydrogen-bond donors (Lipinski definition) is 3. The average Bonchev–Trinajstić information content (AvgIpc) is 3.41. The van der Waals surface area contributed by atoms with Crippen molar-refractivity contribution in [1.82, 2.24) is 14.7 Å². The van der Waals surface area contributed by atoms with E-state index in [2.05, 4.69) is 0 Å². The fraction of sp³-hybridized carbons (Fsp3) is 0.833. The minimum atomic E-state index is -1.14. The molecule has 2 unspecified atom stereocenters. The van der Waals surface area contributed by atoms with Crippen molar-refractivity contribution in [3.8, 4) is 0 Å². The molecule has 1 aliphatic carbocycles. The second kappa shape index (κ2) is 7.63. The van der Waals surface area contributed by atoms with Crippen LogP contribution in [0.2, 0.25) is 0 Å². The van der Waals surface area contributed by atoms with Crippen LogP contribution in [-0.2, 0) is 9.59 Å². The van der Waals surface area contributed by atoms with Gasteiger partial charge in [0.05, 0.1) is 18.8 Å². The van der Waals surface area contributed by atoms with Crippen LogP contribution in [0, 0.1) is 5.41 Å². The van der Waals surface area contributed by atoms with E-state index in [1.54, 1.807) is 4.90 Å². The summed E-state index contributed by atoms with van der Waals surface area (Å²) < 4.78 is 0. The predicted molar refractivity (Wildman–Crippen MR) is 94.9 cm³/mol. The summed E-state index contributed by atoms with van der Waals surface area (Å²) in [6, 6.07) is -1.31. The lowest BCUT2D eigenvalue weighted by molar-refractivity contribution is -0.145. The number of likely N-dealkylation sites (tertiary alicyclic amines) is 1. The number of piperidine rings is 1. The molecule has 3 aliphatic rings. The third-order valence-electron chi connectivity index (χ3n) is 6.50. The first-order valence-electron chi connectivity index (χ1n) is 9.66. The smallest absolute Gasteiger partial charge is 0.408 e. The Morgan fingerprint density at radius 3 is 2.48 bits per heavy atom. The number of carbonyl (C=O) groups is 3. The molecule has 1 saturated carbocycles. The molecule has 9 heteroatoms. The third kappa shape index (κ3) is 3.89. The molecule has 0 aromatic rings. The monoisotopic (exact) mass is 383 g/mol. The Hall–Kier alpha value is -1.87. The van der Waals surface area contributed by atoms with Crippen molar-refractivity contribution in [2.45, 2.75) is 57.2 Å². The molecule has 0 bridgehead atoms. The van der Waals surface area contributed by atoms with Gasteiger partial charge in [0, 0.05) is 32.6 Å². The van der Waals surface area contributed by atoms with Crippen LogP contribution in [0.5, 0.6) is 0 Å². The van der Waals surface area contributed by atoms with Crippen LogP contribution < -0.4 is 0 Å². The number of amides is 3. The fourth-order valence-electron chi connectivity index (χ4n) is 4.30. The summed E-state index contributed by atoms with van der Waals surface area (Å²) in [4.78, 5) is 40.4.